The monoisotopic (exact) mass is 263 g/mol. The number of aliphatic hydroxyl groups is 1. The zero-order chi connectivity index (χ0) is 13.8. The van der Waals surface area contributed by atoms with Gasteiger partial charge in [-0.25, -0.2) is 0 Å². The van der Waals surface area contributed by atoms with Crippen LogP contribution in [0.15, 0.2) is 18.2 Å². The first-order valence-electron chi connectivity index (χ1n) is 6.64. The second kappa shape index (κ2) is 5.93. The number of benzene rings is 1. The van der Waals surface area contributed by atoms with E-state index in [4.69, 9.17) is 5.73 Å². The van der Waals surface area contributed by atoms with Crippen LogP contribution in [0.4, 0.5) is 11.4 Å². The van der Waals surface area contributed by atoms with Crippen molar-refractivity contribution < 1.29 is 9.90 Å². The number of aliphatic hydroxyl groups excluding tert-OH is 1. The third-order valence-electron chi connectivity index (χ3n) is 3.78. The Balaban J connectivity index is 2.17. The minimum atomic E-state index is -0.131. The highest BCUT2D eigenvalue weighted by Gasteiger charge is 2.26. The van der Waals surface area contributed by atoms with Gasteiger partial charge in [-0.15, -0.1) is 0 Å². The second-order valence-electron chi connectivity index (χ2n) is 5.01. The maximum absolute atomic E-state index is 11.6. The molecule has 2 rings (SSSR count). The van der Waals surface area contributed by atoms with Crippen LogP contribution >= 0.6 is 0 Å². The van der Waals surface area contributed by atoms with E-state index in [1.807, 2.05) is 0 Å². The fourth-order valence-electron chi connectivity index (χ4n) is 2.61. The topological polar surface area (TPSA) is 87.4 Å². The molecule has 1 amide bonds. The average Bonchev–Trinajstić information content (AvgIpc) is 2.87. The highest BCUT2D eigenvalue weighted by Crippen LogP contribution is 2.30. The summed E-state index contributed by atoms with van der Waals surface area (Å²) in [6, 6.07) is 5.43. The van der Waals surface area contributed by atoms with Crippen molar-refractivity contribution >= 4 is 17.3 Å². The van der Waals surface area contributed by atoms with Crippen molar-refractivity contribution in [3.8, 4) is 0 Å². The number of rotatable bonds is 4. The number of hydrogen-bond acceptors (Lipinski definition) is 4. The second-order valence-corrected chi connectivity index (χ2v) is 5.01. The molecule has 5 N–H and O–H groups in total. The quantitative estimate of drug-likeness (QED) is 0.615. The van der Waals surface area contributed by atoms with Crippen molar-refractivity contribution in [1.29, 1.82) is 0 Å². The summed E-state index contributed by atoms with van der Waals surface area (Å²) in [5.41, 5.74) is 7.91. The molecule has 0 heterocycles. The summed E-state index contributed by atoms with van der Waals surface area (Å²) < 4.78 is 0. The summed E-state index contributed by atoms with van der Waals surface area (Å²) in [6.07, 6.45) is 3.16. The van der Waals surface area contributed by atoms with Crippen LogP contribution in [0.5, 0.6) is 0 Å². The van der Waals surface area contributed by atoms with Crippen LogP contribution in [-0.2, 0) is 0 Å². The predicted molar refractivity (Wildman–Crippen MR) is 76.1 cm³/mol. The van der Waals surface area contributed by atoms with Crippen molar-refractivity contribution in [3.05, 3.63) is 23.8 Å². The SMILES string of the molecule is CNC(=O)c1ccc(N)c(NC2CCCC2CO)c1. The number of anilines is 2. The summed E-state index contributed by atoms with van der Waals surface area (Å²) in [6.45, 7) is 0.187. The Morgan fingerprint density at radius 3 is 2.95 bits per heavy atom. The first kappa shape index (κ1) is 13.7. The third kappa shape index (κ3) is 2.98. The Morgan fingerprint density at radius 2 is 2.26 bits per heavy atom. The van der Waals surface area contributed by atoms with E-state index >= 15 is 0 Å². The van der Waals surface area contributed by atoms with Crippen molar-refractivity contribution in [1.82, 2.24) is 5.32 Å². The number of nitrogens with two attached hydrogens (primary N) is 1. The van der Waals surface area contributed by atoms with E-state index < -0.39 is 0 Å². The Labute approximate surface area is 113 Å². The van der Waals surface area contributed by atoms with Crippen LogP contribution in [0.3, 0.4) is 0 Å². The Morgan fingerprint density at radius 1 is 1.47 bits per heavy atom. The molecular formula is C14H21N3O2. The number of carbonyl (C=O) groups is 1. The Bertz CT molecular complexity index is 462. The molecule has 5 heteroatoms. The molecule has 1 aromatic rings. The molecule has 104 valence electrons. The van der Waals surface area contributed by atoms with E-state index in [9.17, 15) is 9.90 Å². The first-order chi connectivity index (χ1) is 9.15. The van der Waals surface area contributed by atoms with E-state index in [-0.39, 0.29) is 24.5 Å². The molecule has 1 aromatic carbocycles. The van der Waals surface area contributed by atoms with Gasteiger partial charge in [0.15, 0.2) is 0 Å². The molecule has 0 saturated heterocycles. The van der Waals surface area contributed by atoms with Crippen molar-refractivity contribution in [2.45, 2.75) is 25.3 Å². The van der Waals surface area contributed by atoms with Crippen LogP contribution in [0.25, 0.3) is 0 Å². The van der Waals surface area contributed by atoms with Crippen LogP contribution in [0, 0.1) is 5.92 Å². The van der Waals surface area contributed by atoms with Crippen molar-refractivity contribution in [2.24, 2.45) is 5.92 Å². The summed E-state index contributed by atoms with van der Waals surface area (Å²) >= 11 is 0. The first-order valence-corrected chi connectivity index (χ1v) is 6.64. The van der Waals surface area contributed by atoms with E-state index in [0.29, 0.717) is 11.3 Å². The molecule has 0 aliphatic heterocycles. The average molecular weight is 263 g/mol. The van der Waals surface area contributed by atoms with Gasteiger partial charge in [0.1, 0.15) is 0 Å². The maximum atomic E-state index is 11.6. The predicted octanol–water partition coefficient (Wildman–Crippen LogP) is 1.20. The van der Waals surface area contributed by atoms with E-state index in [1.54, 1.807) is 25.2 Å². The molecule has 1 saturated carbocycles. The molecule has 2 atom stereocenters. The number of nitrogen functional groups attached to an aromatic ring is 1. The molecule has 19 heavy (non-hydrogen) atoms. The molecule has 1 aliphatic carbocycles. The molecular weight excluding hydrogens is 242 g/mol. The molecule has 2 unspecified atom stereocenters. The maximum Gasteiger partial charge on any atom is 0.251 e. The fourth-order valence-corrected chi connectivity index (χ4v) is 2.61. The zero-order valence-electron chi connectivity index (χ0n) is 11.1. The van der Waals surface area contributed by atoms with Gasteiger partial charge in [-0.1, -0.05) is 6.42 Å². The van der Waals surface area contributed by atoms with Crippen LogP contribution in [0.2, 0.25) is 0 Å². The van der Waals surface area contributed by atoms with Gasteiger partial charge in [0.05, 0.1) is 11.4 Å². The van der Waals surface area contributed by atoms with Gasteiger partial charge in [0.25, 0.3) is 5.91 Å². The van der Waals surface area contributed by atoms with Gasteiger partial charge in [-0.3, -0.25) is 4.79 Å². The number of amides is 1. The summed E-state index contributed by atoms with van der Waals surface area (Å²) in [5.74, 6) is 0.135. The molecule has 0 radical (unpaired) electrons. The molecule has 0 bridgehead atoms. The number of nitrogens with one attached hydrogen (secondary N) is 2. The van der Waals surface area contributed by atoms with Gasteiger partial charge in [-0.05, 0) is 31.0 Å². The largest absolute Gasteiger partial charge is 0.397 e. The minimum Gasteiger partial charge on any atom is -0.397 e. The molecule has 1 aliphatic rings. The lowest BCUT2D eigenvalue weighted by Gasteiger charge is -2.21. The van der Waals surface area contributed by atoms with Crippen molar-refractivity contribution in [3.63, 3.8) is 0 Å². The summed E-state index contributed by atoms with van der Waals surface area (Å²) in [4.78, 5) is 11.6. The fraction of sp³-hybridized carbons (Fsp3) is 0.500. The van der Waals surface area contributed by atoms with Crippen molar-refractivity contribution in [2.75, 3.05) is 24.7 Å². The molecule has 1 fully saturated rings. The Kier molecular flexibility index (Phi) is 4.27. The zero-order valence-corrected chi connectivity index (χ0v) is 11.1. The van der Waals surface area contributed by atoms with Gasteiger partial charge in [0, 0.05) is 31.2 Å². The van der Waals surface area contributed by atoms with Gasteiger partial charge in [0.2, 0.25) is 0 Å². The summed E-state index contributed by atoms with van der Waals surface area (Å²) in [5, 5.41) is 15.3. The van der Waals surface area contributed by atoms with Crippen LogP contribution < -0.4 is 16.4 Å². The van der Waals surface area contributed by atoms with Gasteiger partial charge >= 0.3 is 0 Å². The molecule has 0 spiro atoms. The third-order valence-corrected chi connectivity index (χ3v) is 3.78. The molecule has 5 nitrogen and oxygen atoms in total. The summed E-state index contributed by atoms with van der Waals surface area (Å²) in [7, 11) is 1.60. The highest BCUT2D eigenvalue weighted by molar-refractivity contribution is 5.96. The normalized spacial score (nSPS) is 22.2. The molecule has 0 aromatic heterocycles. The van der Waals surface area contributed by atoms with Gasteiger partial charge in [-0.2, -0.15) is 0 Å². The van der Waals surface area contributed by atoms with E-state index in [1.165, 1.54) is 0 Å². The lowest BCUT2D eigenvalue weighted by molar-refractivity contribution is 0.0963. The minimum absolute atomic E-state index is 0.131. The Hall–Kier alpha value is -1.75. The van der Waals surface area contributed by atoms with E-state index in [0.717, 1.165) is 24.9 Å². The van der Waals surface area contributed by atoms with Crippen LogP contribution in [-0.4, -0.2) is 30.7 Å². The lowest BCUT2D eigenvalue weighted by atomic mass is 10.0. The smallest absolute Gasteiger partial charge is 0.251 e. The standard InChI is InChI=1S/C14H21N3O2/c1-16-14(19)9-5-6-11(15)13(7-9)17-12-4-2-3-10(12)8-18/h5-7,10,12,17-18H,2-4,8,15H2,1H3,(H,16,19). The van der Waals surface area contributed by atoms with Gasteiger partial charge < -0.3 is 21.5 Å². The lowest BCUT2D eigenvalue weighted by Crippen LogP contribution is -2.27. The highest BCUT2D eigenvalue weighted by atomic mass is 16.3. The van der Waals surface area contributed by atoms with Crippen LogP contribution in [0.1, 0.15) is 29.6 Å². The number of carbonyl (C=O) groups excluding carboxylic acids is 1. The number of hydrogen-bond donors (Lipinski definition) is 4. The van der Waals surface area contributed by atoms with E-state index in [2.05, 4.69) is 10.6 Å².